The lowest BCUT2D eigenvalue weighted by molar-refractivity contribution is 0.0556. The molecule has 13 nitrogen and oxygen atoms in total. The summed E-state index contributed by atoms with van der Waals surface area (Å²) in [5.74, 6) is 5.89. The molecule has 3 atom stereocenters. The van der Waals surface area contributed by atoms with Gasteiger partial charge in [0, 0.05) is 35.3 Å². The van der Waals surface area contributed by atoms with Crippen LogP contribution in [0.1, 0.15) is 70.9 Å². The Morgan fingerprint density at radius 3 is 2.68 bits per heavy atom. The van der Waals surface area contributed by atoms with Crippen LogP contribution in [0.3, 0.4) is 0 Å². The number of nitrogens with zero attached hydrogens (tertiary/aromatic N) is 7. The van der Waals surface area contributed by atoms with Gasteiger partial charge in [0.1, 0.15) is 24.4 Å². The van der Waals surface area contributed by atoms with E-state index >= 15 is 0 Å². The Morgan fingerprint density at radius 2 is 2.02 bits per heavy atom. The number of nitrogen functional groups attached to an aromatic ring is 1. The largest absolute Gasteiger partial charge is 0.394 e. The van der Waals surface area contributed by atoms with Gasteiger partial charge in [0.15, 0.2) is 11.4 Å². The van der Waals surface area contributed by atoms with Crippen LogP contribution in [0.4, 0.5) is 5.82 Å². The Bertz CT molecular complexity index is 1640. The standard InChI is InChI=1S/C28H29N9O4/c1-16(39)23-24(18-11-20-6-7-21(12-18)36(20)28(40)26-31-15-32-35-26)34-27-22(14-33-37(27)25(23)29)17-4-5-19(30-13-17)3-2-9-41-10-8-38/h4-5,13-15,18,20-21,38H,6-12,29H2,1H3,(H,31,32,35)/t18-,20+,21-. The van der Waals surface area contributed by atoms with Crippen LogP contribution in [0.2, 0.25) is 0 Å². The number of aromatic amines is 1. The Hall–Kier alpha value is -4.67. The molecule has 0 aliphatic carbocycles. The van der Waals surface area contributed by atoms with E-state index in [2.05, 4.69) is 37.1 Å². The minimum absolute atomic E-state index is 0.00619. The number of rotatable bonds is 7. The molecular formula is C28H29N9O4. The molecule has 41 heavy (non-hydrogen) atoms. The fraction of sp³-hybridized carbons (Fsp3) is 0.393. The number of aliphatic hydroxyl groups excluding tert-OH is 1. The maximum absolute atomic E-state index is 13.1. The quantitative estimate of drug-likeness (QED) is 0.172. The zero-order valence-electron chi connectivity index (χ0n) is 22.4. The number of ether oxygens (including phenoxy) is 1. The summed E-state index contributed by atoms with van der Waals surface area (Å²) in [5, 5.41) is 20.9. The number of nitrogens with two attached hydrogens (primary N) is 1. The highest BCUT2D eigenvalue weighted by atomic mass is 16.5. The van der Waals surface area contributed by atoms with Gasteiger partial charge >= 0.3 is 0 Å². The van der Waals surface area contributed by atoms with Gasteiger partial charge in [-0.2, -0.15) is 9.61 Å². The number of pyridine rings is 1. The predicted octanol–water partition coefficient (Wildman–Crippen LogP) is 1.61. The fourth-order valence-corrected chi connectivity index (χ4v) is 6.00. The van der Waals surface area contributed by atoms with Crippen molar-refractivity contribution in [3.63, 3.8) is 0 Å². The summed E-state index contributed by atoms with van der Waals surface area (Å²) >= 11 is 0. The van der Waals surface area contributed by atoms with Gasteiger partial charge in [0.05, 0.1) is 30.7 Å². The maximum Gasteiger partial charge on any atom is 0.292 e. The van der Waals surface area contributed by atoms with E-state index in [-0.39, 0.29) is 61.2 Å². The highest BCUT2D eigenvalue weighted by molar-refractivity contribution is 6.00. The van der Waals surface area contributed by atoms with Crippen LogP contribution in [0.5, 0.6) is 0 Å². The third-order valence-corrected chi connectivity index (χ3v) is 7.74. The summed E-state index contributed by atoms with van der Waals surface area (Å²) in [6.45, 7) is 1.88. The molecule has 2 aliphatic rings. The number of carbonyl (C=O) groups excluding carboxylic acids is 2. The summed E-state index contributed by atoms with van der Waals surface area (Å²) in [4.78, 5) is 40.1. The predicted molar refractivity (Wildman–Crippen MR) is 147 cm³/mol. The van der Waals surface area contributed by atoms with Crippen molar-refractivity contribution in [2.24, 2.45) is 0 Å². The molecule has 0 unspecified atom stereocenters. The van der Waals surface area contributed by atoms with Gasteiger partial charge in [0.2, 0.25) is 5.82 Å². The SMILES string of the molecule is CC(=O)c1c([C@H]2C[C@H]3CC[C@@H](C2)N3C(=O)c2nnc[nH]2)nc2c(-c3ccc(C#CCOCCO)nc3)cnn2c1N. The summed E-state index contributed by atoms with van der Waals surface area (Å²) in [7, 11) is 0. The second kappa shape index (κ2) is 11.1. The second-order valence-electron chi connectivity index (χ2n) is 10.2. The Morgan fingerprint density at radius 1 is 1.22 bits per heavy atom. The number of hydrogen-bond donors (Lipinski definition) is 3. The summed E-state index contributed by atoms with van der Waals surface area (Å²) in [5.41, 5.74) is 10.2. The lowest BCUT2D eigenvalue weighted by Gasteiger charge is -2.38. The van der Waals surface area contributed by atoms with Gasteiger partial charge in [-0.3, -0.25) is 9.59 Å². The van der Waals surface area contributed by atoms with Gasteiger partial charge in [0.25, 0.3) is 5.91 Å². The van der Waals surface area contributed by atoms with Crippen LogP contribution in [-0.4, -0.2) is 88.4 Å². The van der Waals surface area contributed by atoms with Crippen LogP contribution in [0.15, 0.2) is 30.9 Å². The van der Waals surface area contributed by atoms with Gasteiger partial charge in [-0.1, -0.05) is 5.92 Å². The number of amides is 1. The fourth-order valence-electron chi connectivity index (χ4n) is 6.00. The van der Waals surface area contributed by atoms with Crippen LogP contribution in [0.25, 0.3) is 16.8 Å². The van der Waals surface area contributed by atoms with Crippen molar-refractivity contribution in [1.29, 1.82) is 0 Å². The first-order valence-corrected chi connectivity index (χ1v) is 13.5. The topological polar surface area (TPSA) is 178 Å². The highest BCUT2D eigenvalue weighted by Gasteiger charge is 2.45. The van der Waals surface area contributed by atoms with Crippen molar-refractivity contribution in [2.45, 2.75) is 50.6 Å². The average molecular weight is 556 g/mol. The van der Waals surface area contributed by atoms with E-state index in [4.69, 9.17) is 20.6 Å². The first-order chi connectivity index (χ1) is 20.0. The molecule has 0 radical (unpaired) electrons. The molecule has 4 aromatic rings. The highest BCUT2D eigenvalue weighted by Crippen LogP contribution is 2.45. The Labute approximate surface area is 235 Å². The van der Waals surface area contributed by atoms with Crippen LogP contribution >= 0.6 is 0 Å². The number of H-pyrrole nitrogens is 1. The van der Waals surface area contributed by atoms with E-state index in [9.17, 15) is 9.59 Å². The molecule has 4 N–H and O–H groups in total. The van der Waals surface area contributed by atoms with Crippen molar-refractivity contribution in [1.82, 2.24) is 39.7 Å². The lowest BCUT2D eigenvalue weighted by Crippen LogP contribution is -2.46. The Balaban J connectivity index is 1.31. The summed E-state index contributed by atoms with van der Waals surface area (Å²) < 4.78 is 6.65. The van der Waals surface area contributed by atoms with Gasteiger partial charge in [-0.05, 0) is 50.7 Å². The molecule has 0 spiro atoms. The minimum atomic E-state index is -0.177. The van der Waals surface area contributed by atoms with E-state index in [0.717, 1.165) is 24.0 Å². The molecular weight excluding hydrogens is 526 g/mol. The number of hydrogen-bond acceptors (Lipinski definition) is 10. The molecule has 4 aromatic heterocycles. The summed E-state index contributed by atoms with van der Waals surface area (Å²) in [6.07, 6.45) is 7.85. The van der Waals surface area contributed by atoms with Gasteiger partial charge < -0.3 is 25.5 Å². The van der Waals surface area contributed by atoms with Crippen molar-refractivity contribution >= 4 is 23.2 Å². The molecule has 6 heterocycles. The molecule has 0 aromatic carbocycles. The van der Waals surface area contributed by atoms with E-state index in [0.29, 0.717) is 35.4 Å². The normalized spacial score (nSPS) is 19.8. The molecule has 210 valence electrons. The molecule has 2 aliphatic heterocycles. The zero-order valence-corrected chi connectivity index (χ0v) is 22.4. The van der Waals surface area contributed by atoms with E-state index in [1.165, 1.54) is 17.8 Å². The average Bonchev–Trinajstić information content (AvgIpc) is 3.71. The van der Waals surface area contributed by atoms with Crippen molar-refractivity contribution in [2.75, 3.05) is 25.6 Å². The number of nitrogens with one attached hydrogen (secondary N) is 1. The molecule has 2 bridgehead atoms. The first kappa shape index (κ1) is 26.5. The van der Waals surface area contributed by atoms with Gasteiger partial charge in [-0.25, -0.2) is 9.97 Å². The van der Waals surface area contributed by atoms with Gasteiger partial charge in [-0.15, -0.1) is 10.2 Å². The number of aliphatic hydroxyl groups is 1. The second-order valence-corrected chi connectivity index (χ2v) is 10.2. The first-order valence-electron chi connectivity index (χ1n) is 13.5. The van der Waals surface area contributed by atoms with Crippen LogP contribution in [-0.2, 0) is 4.74 Å². The number of Topliss-reactive ketones (excluding diaryl/α,β-unsaturated/α-hetero) is 1. The monoisotopic (exact) mass is 555 g/mol. The third-order valence-electron chi connectivity index (χ3n) is 7.74. The number of ketones is 1. The molecule has 2 saturated heterocycles. The van der Waals surface area contributed by atoms with Crippen LogP contribution < -0.4 is 5.73 Å². The van der Waals surface area contributed by atoms with E-state index in [1.807, 2.05) is 11.0 Å². The van der Waals surface area contributed by atoms with Crippen molar-refractivity contribution in [3.8, 4) is 23.0 Å². The number of aromatic nitrogens is 7. The molecule has 6 rings (SSSR count). The zero-order chi connectivity index (χ0) is 28.5. The van der Waals surface area contributed by atoms with Crippen molar-refractivity contribution < 1.29 is 19.4 Å². The summed E-state index contributed by atoms with van der Waals surface area (Å²) in [6, 6.07) is 3.69. The lowest BCUT2D eigenvalue weighted by atomic mass is 9.85. The Kier molecular flexibility index (Phi) is 7.17. The maximum atomic E-state index is 13.1. The number of carbonyl (C=O) groups is 2. The number of anilines is 1. The van der Waals surface area contributed by atoms with Crippen LogP contribution in [0, 0.1) is 11.8 Å². The minimum Gasteiger partial charge on any atom is -0.394 e. The molecule has 1 amide bonds. The molecule has 0 saturated carbocycles. The van der Waals surface area contributed by atoms with E-state index in [1.54, 1.807) is 18.5 Å². The smallest absolute Gasteiger partial charge is 0.292 e. The molecule has 2 fully saturated rings. The number of piperidine rings is 1. The third kappa shape index (κ3) is 4.92. The molecule has 13 heteroatoms. The van der Waals surface area contributed by atoms with Crippen molar-refractivity contribution in [3.05, 3.63) is 53.6 Å². The number of fused-ring (bicyclic) bond motifs is 3. The van der Waals surface area contributed by atoms with E-state index < -0.39 is 0 Å².